The molecule has 3 aromatic rings. The van der Waals surface area contributed by atoms with Gasteiger partial charge >= 0.3 is 0 Å². The van der Waals surface area contributed by atoms with Crippen LogP contribution in [0.2, 0.25) is 0 Å². The molecule has 9 nitrogen and oxygen atoms in total. The lowest BCUT2D eigenvalue weighted by Gasteiger charge is -2.21. The van der Waals surface area contributed by atoms with Gasteiger partial charge in [-0.25, -0.2) is 14.4 Å². The lowest BCUT2D eigenvalue weighted by atomic mass is 10.2. The van der Waals surface area contributed by atoms with Gasteiger partial charge in [-0.05, 0) is 31.6 Å². The molecule has 1 fully saturated rings. The predicted octanol–water partition coefficient (Wildman–Crippen LogP) is 3.04. The second-order valence-electron chi connectivity index (χ2n) is 7.95. The lowest BCUT2D eigenvalue weighted by Crippen LogP contribution is -2.41. The number of carbonyl (C=O) groups is 2. The highest BCUT2D eigenvalue weighted by Crippen LogP contribution is 2.25. The Morgan fingerprint density at radius 1 is 1.45 bits per heavy atom. The number of likely N-dealkylation sites (tertiary alicyclic amines) is 1. The maximum Gasteiger partial charge on any atom is 0.255 e. The van der Waals surface area contributed by atoms with Crippen LogP contribution in [0.25, 0.3) is 11.2 Å². The minimum atomic E-state index is -0.797. The second-order valence-corrected chi connectivity index (χ2v) is 7.95. The molecule has 0 aliphatic carbocycles. The highest BCUT2D eigenvalue weighted by atomic mass is 19.1. The van der Waals surface area contributed by atoms with Gasteiger partial charge in [-0.15, -0.1) is 0 Å². The van der Waals surface area contributed by atoms with Crippen LogP contribution in [-0.4, -0.2) is 63.5 Å². The van der Waals surface area contributed by atoms with E-state index in [9.17, 15) is 14.0 Å². The molecule has 2 atom stereocenters. The monoisotopic (exact) mass is 452 g/mol. The largest absolute Gasteiger partial charge is 0.437 e. The smallest absolute Gasteiger partial charge is 0.255 e. The molecule has 0 bridgehead atoms. The third-order valence-corrected chi connectivity index (χ3v) is 5.24. The fourth-order valence-electron chi connectivity index (χ4n) is 3.73. The van der Waals surface area contributed by atoms with Gasteiger partial charge in [-0.3, -0.25) is 14.5 Å². The van der Waals surface area contributed by atoms with Crippen molar-refractivity contribution in [2.75, 3.05) is 25.0 Å². The number of halogens is 1. The Hall–Kier alpha value is -3.79. The Labute approximate surface area is 190 Å². The number of carbonyl (C=O) groups excluding carboxylic acids is 2. The van der Waals surface area contributed by atoms with Crippen molar-refractivity contribution in [3.05, 3.63) is 54.9 Å². The van der Waals surface area contributed by atoms with Gasteiger partial charge in [0, 0.05) is 43.6 Å². The van der Waals surface area contributed by atoms with Gasteiger partial charge in [-0.1, -0.05) is 12.6 Å². The van der Waals surface area contributed by atoms with Gasteiger partial charge in [-0.2, -0.15) is 0 Å². The number of amides is 2. The zero-order valence-corrected chi connectivity index (χ0v) is 18.2. The Morgan fingerprint density at radius 3 is 3.06 bits per heavy atom. The molecule has 0 saturated carbocycles. The Bertz CT molecular complexity index is 1180. The molecule has 1 saturated heterocycles. The average Bonchev–Trinajstić information content (AvgIpc) is 3.39. The number of ether oxygens (including phenoxy) is 1. The molecular formula is C23H25FN6O3. The van der Waals surface area contributed by atoms with Crippen LogP contribution in [0.15, 0.2) is 49.3 Å². The number of H-pyrrole nitrogens is 1. The quantitative estimate of drug-likeness (QED) is 0.453. The summed E-state index contributed by atoms with van der Waals surface area (Å²) in [7, 11) is 0. The maximum atomic E-state index is 13.4. The molecule has 10 heteroatoms. The van der Waals surface area contributed by atoms with Crippen molar-refractivity contribution in [2.45, 2.75) is 25.6 Å². The summed E-state index contributed by atoms with van der Waals surface area (Å²) < 4.78 is 19.2. The van der Waals surface area contributed by atoms with Crippen LogP contribution in [0.1, 0.15) is 23.7 Å². The summed E-state index contributed by atoms with van der Waals surface area (Å²) in [5.41, 5.74) is 1.70. The van der Waals surface area contributed by atoms with Crippen molar-refractivity contribution in [1.29, 1.82) is 0 Å². The minimum Gasteiger partial charge on any atom is -0.437 e. The van der Waals surface area contributed by atoms with E-state index in [1.54, 1.807) is 30.5 Å². The van der Waals surface area contributed by atoms with Gasteiger partial charge in [0.15, 0.2) is 5.65 Å². The van der Waals surface area contributed by atoms with Crippen LogP contribution < -0.4 is 15.4 Å². The Balaban J connectivity index is 1.46. The zero-order chi connectivity index (χ0) is 23.4. The summed E-state index contributed by atoms with van der Waals surface area (Å²) in [5, 5.41) is 5.59. The average molecular weight is 452 g/mol. The number of aromatic amines is 1. The lowest BCUT2D eigenvalue weighted by molar-refractivity contribution is -0.111. The molecule has 0 radical (unpaired) electrons. The summed E-state index contributed by atoms with van der Waals surface area (Å²) in [5.74, 6) is 0.00467. The number of benzene rings is 1. The number of rotatable bonds is 8. The molecule has 1 aliphatic heterocycles. The molecule has 172 valence electrons. The van der Waals surface area contributed by atoms with Crippen molar-refractivity contribution in [1.82, 2.24) is 25.2 Å². The summed E-state index contributed by atoms with van der Waals surface area (Å²) >= 11 is 0. The molecule has 2 aromatic heterocycles. The first-order valence-corrected chi connectivity index (χ1v) is 10.6. The molecule has 1 aromatic carbocycles. The summed E-state index contributed by atoms with van der Waals surface area (Å²) in [4.78, 5) is 38.0. The molecular weight excluding hydrogens is 427 g/mol. The highest BCUT2D eigenvalue weighted by Gasteiger charge is 2.24. The van der Waals surface area contributed by atoms with Crippen LogP contribution in [0.3, 0.4) is 0 Å². The maximum absolute atomic E-state index is 13.4. The summed E-state index contributed by atoms with van der Waals surface area (Å²) in [6, 6.07) is 6.63. The van der Waals surface area contributed by atoms with E-state index < -0.39 is 6.17 Å². The molecule has 3 heterocycles. The van der Waals surface area contributed by atoms with Gasteiger partial charge in [0.25, 0.3) is 5.91 Å². The number of alkyl halides is 1. The molecule has 1 aliphatic rings. The van der Waals surface area contributed by atoms with E-state index in [4.69, 9.17) is 4.74 Å². The highest BCUT2D eigenvalue weighted by molar-refractivity contribution is 6.04. The third kappa shape index (κ3) is 5.53. The van der Waals surface area contributed by atoms with Crippen molar-refractivity contribution < 1.29 is 18.7 Å². The number of hydrogen-bond acceptors (Lipinski definition) is 6. The molecule has 3 N–H and O–H groups in total. The first-order chi connectivity index (χ1) is 15.9. The second kappa shape index (κ2) is 9.78. The standard InChI is InChI=1S/C23H25FN6O3/c1-3-19(31)28-16-5-4-6-17(9-16)33-20-11-26-22-21(29-20)18(10-25-22)23(32)27-14(2)12-30-8-7-15(24)13-30/h3-6,9-11,14-15H,1,7-8,12-13H2,2H3,(H,25,26)(H,27,32)(H,28,31)/t14-,15?/m1/s1. The van der Waals surface area contributed by atoms with E-state index in [2.05, 4.69) is 32.2 Å². The normalized spacial score (nSPS) is 17.0. The molecule has 4 rings (SSSR count). The summed E-state index contributed by atoms with van der Waals surface area (Å²) in [6.07, 6.45) is 3.91. The predicted molar refractivity (Wildman–Crippen MR) is 122 cm³/mol. The number of hydrogen-bond donors (Lipinski definition) is 3. The molecule has 1 unspecified atom stereocenters. The number of aromatic nitrogens is 3. The van der Waals surface area contributed by atoms with E-state index in [1.165, 1.54) is 12.3 Å². The fourth-order valence-corrected chi connectivity index (χ4v) is 3.73. The van der Waals surface area contributed by atoms with Gasteiger partial charge in [0.1, 0.15) is 17.4 Å². The van der Waals surface area contributed by atoms with E-state index in [-0.39, 0.29) is 23.7 Å². The van der Waals surface area contributed by atoms with Gasteiger partial charge < -0.3 is 20.4 Å². The van der Waals surface area contributed by atoms with E-state index in [0.717, 1.165) is 0 Å². The number of fused-ring (bicyclic) bond motifs is 1. The van der Waals surface area contributed by atoms with Crippen molar-refractivity contribution >= 4 is 28.7 Å². The number of nitrogens with zero attached hydrogens (tertiary/aromatic N) is 3. The van der Waals surface area contributed by atoms with Crippen molar-refractivity contribution in [3.63, 3.8) is 0 Å². The van der Waals surface area contributed by atoms with Crippen LogP contribution in [0.5, 0.6) is 11.6 Å². The molecule has 33 heavy (non-hydrogen) atoms. The van der Waals surface area contributed by atoms with Crippen molar-refractivity contribution in [2.24, 2.45) is 0 Å². The van der Waals surface area contributed by atoms with Crippen LogP contribution >= 0.6 is 0 Å². The Kier molecular flexibility index (Phi) is 6.64. The first-order valence-electron chi connectivity index (χ1n) is 10.6. The number of nitrogens with one attached hydrogen (secondary N) is 3. The van der Waals surface area contributed by atoms with Crippen LogP contribution in [0.4, 0.5) is 10.1 Å². The third-order valence-electron chi connectivity index (χ3n) is 5.24. The summed E-state index contributed by atoms with van der Waals surface area (Å²) in [6.45, 7) is 6.98. The zero-order valence-electron chi connectivity index (χ0n) is 18.2. The molecule has 2 amide bonds. The first kappa shape index (κ1) is 22.4. The van der Waals surface area contributed by atoms with Gasteiger partial charge in [0.05, 0.1) is 11.8 Å². The molecule has 0 spiro atoms. The fraction of sp³-hybridized carbons (Fsp3) is 0.304. The van der Waals surface area contributed by atoms with Crippen LogP contribution in [-0.2, 0) is 4.79 Å². The number of anilines is 1. The van der Waals surface area contributed by atoms with E-state index >= 15 is 0 Å². The van der Waals surface area contributed by atoms with E-state index in [0.29, 0.717) is 54.2 Å². The Morgan fingerprint density at radius 2 is 2.30 bits per heavy atom. The minimum absolute atomic E-state index is 0.159. The van der Waals surface area contributed by atoms with Crippen LogP contribution in [0, 0.1) is 0 Å². The van der Waals surface area contributed by atoms with Gasteiger partial charge in [0.2, 0.25) is 11.8 Å². The van der Waals surface area contributed by atoms with E-state index in [1.807, 2.05) is 11.8 Å². The SMILES string of the molecule is C=CC(=O)Nc1cccc(Oc2cnc3[nH]cc(C(=O)N[C@H](C)CN4CCC(F)C4)c3n2)c1. The van der Waals surface area contributed by atoms with Crippen molar-refractivity contribution in [3.8, 4) is 11.6 Å². The topological polar surface area (TPSA) is 112 Å².